The SMILES string of the molecule is Cc1cc(C(=O)N(C)CC2CCC2)sc1-c1ccc(F)cc1. The Morgan fingerprint density at radius 3 is 2.59 bits per heavy atom. The average molecular weight is 317 g/mol. The third kappa shape index (κ3) is 3.07. The van der Waals surface area contributed by atoms with Crippen LogP contribution in [0.2, 0.25) is 0 Å². The van der Waals surface area contributed by atoms with Crippen LogP contribution in [0.3, 0.4) is 0 Å². The topological polar surface area (TPSA) is 20.3 Å². The van der Waals surface area contributed by atoms with E-state index in [0.29, 0.717) is 5.92 Å². The Balaban J connectivity index is 1.78. The highest BCUT2D eigenvalue weighted by atomic mass is 32.1. The largest absolute Gasteiger partial charge is 0.341 e. The van der Waals surface area contributed by atoms with Crippen molar-refractivity contribution in [3.63, 3.8) is 0 Å². The molecule has 0 radical (unpaired) electrons. The van der Waals surface area contributed by atoms with Gasteiger partial charge in [0.05, 0.1) is 4.88 Å². The lowest BCUT2D eigenvalue weighted by atomic mass is 9.85. The van der Waals surface area contributed by atoms with E-state index in [0.717, 1.165) is 27.4 Å². The van der Waals surface area contributed by atoms with Gasteiger partial charge >= 0.3 is 0 Å². The first-order valence-corrected chi connectivity index (χ1v) is 8.48. The highest BCUT2D eigenvalue weighted by Gasteiger charge is 2.23. The third-order valence-corrected chi connectivity index (χ3v) is 5.61. The van der Waals surface area contributed by atoms with Gasteiger partial charge in [-0.1, -0.05) is 18.6 Å². The molecule has 1 fully saturated rings. The molecule has 1 aromatic heterocycles. The van der Waals surface area contributed by atoms with Crippen molar-refractivity contribution in [2.75, 3.05) is 13.6 Å². The maximum absolute atomic E-state index is 13.0. The number of hydrogen-bond donors (Lipinski definition) is 0. The van der Waals surface area contributed by atoms with Gasteiger partial charge in [-0.05, 0) is 55.0 Å². The molecule has 0 aliphatic heterocycles. The molecule has 0 bridgehead atoms. The van der Waals surface area contributed by atoms with Gasteiger partial charge in [0.25, 0.3) is 5.91 Å². The summed E-state index contributed by atoms with van der Waals surface area (Å²) in [6.45, 7) is 2.85. The maximum Gasteiger partial charge on any atom is 0.263 e. The van der Waals surface area contributed by atoms with E-state index in [-0.39, 0.29) is 11.7 Å². The zero-order valence-electron chi connectivity index (χ0n) is 12.9. The zero-order valence-corrected chi connectivity index (χ0v) is 13.8. The van der Waals surface area contributed by atoms with E-state index in [1.807, 2.05) is 24.9 Å². The van der Waals surface area contributed by atoms with Crippen molar-refractivity contribution in [2.24, 2.45) is 5.92 Å². The van der Waals surface area contributed by atoms with Crippen molar-refractivity contribution in [3.8, 4) is 10.4 Å². The van der Waals surface area contributed by atoms with Gasteiger partial charge in [0, 0.05) is 18.5 Å². The van der Waals surface area contributed by atoms with E-state index in [2.05, 4.69) is 0 Å². The smallest absolute Gasteiger partial charge is 0.263 e. The number of halogens is 1. The second kappa shape index (κ2) is 6.21. The number of aryl methyl sites for hydroxylation is 1. The molecule has 0 spiro atoms. The van der Waals surface area contributed by atoms with E-state index in [1.165, 1.54) is 42.7 Å². The Bertz CT molecular complexity index is 673. The van der Waals surface area contributed by atoms with E-state index in [9.17, 15) is 9.18 Å². The number of carbonyl (C=O) groups excluding carboxylic acids is 1. The normalized spacial score (nSPS) is 14.7. The summed E-state index contributed by atoms with van der Waals surface area (Å²) in [4.78, 5) is 16.2. The molecule has 1 aliphatic carbocycles. The number of amides is 1. The molecule has 116 valence electrons. The minimum Gasteiger partial charge on any atom is -0.341 e. The van der Waals surface area contributed by atoms with E-state index >= 15 is 0 Å². The highest BCUT2D eigenvalue weighted by Crippen LogP contribution is 2.33. The Morgan fingerprint density at radius 2 is 2.00 bits per heavy atom. The zero-order chi connectivity index (χ0) is 15.7. The van der Waals surface area contributed by atoms with Crippen LogP contribution in [0.25, 0.3) is 10.4 Å². The van der Waals surface area contributed by atoms with E-state index < -0.39 is 0 Å². The van der Waals surface area contributed by atoms with Crippen LogP contribution in [0.1, 0.15) is 34.5 Å². The van der Waals surface area contributed by atoms with Crippen LogP contribution in [-0.4, -0.2) is 24.4 Å². The minimum atomic E-state index is -0.241. The lowest BCUT2D eigenvalue weighted by Gasteiger charge is -2.29. The van der Waals surface area contributed by atoms with E-state index in [4.69, 9.17) is 0 Å². The van der Waals surface area contributed by atoms with Crippen molar-refractivity contribution < 1.29 is 9.18 Å². The molecule has 0 N–H and O–H groups in total. The number of carbonyl (C=O) groups is 1. The van der Waals surface area contributed by atoms with Crippen LogP contribution >= 0.6 is 11.3 Å². The maximum atomic E-state index is 13.0. The first-order valence-electron chi connectivity index (χ1n) is 7.66. The molecule has 1 aliphatic rings. The number of nitrogens with zero attached hydrogens (tertiary/aromatic N) is 1. The monoisotopic (exact) mass is 317 g/mol. The molecular formula is C18H20FNOS. The molecule has 3 rings (SSSR count). The number of thiophene rings is 1. The third-order valence-electron chi connectivity index (χ3n) is 4.34. The predicted molar refractivity (Wildman–Crippen MR) is 88.8 cm³/mol. The fourth-order valence-corrected chi connectivity index (χ4v) is 3.98. The average Bonchev–Trinajstić information content (AvgIpc) is 2.84. The summed E-state index contributed by atoms with van der Waals surface area (Å²) in [5.41, 5.74) is 2.03. The summed E-state index contributed by atoms with van der Waals surface area (Å²) >= 11 is 1.49. The molecule has 0 atom stereocenters. The van der Waals surface area contributed by atoms with Gasteiger partial charge in [-0.2, -0.15) is 0 Å². The van der Waals surface area contributed by atoms with Crippen LogP contribution in [0.15, 0.2) is 30.3 Å². The molecule has 2 nitrogen and oxygen atoms in total. The molecule has 1 heterocycles. The van der Waals surface area contributed by atoms with Crippen molar-refractivity contribution >= 4 is 17.2 Å². The molecule has 0 unspecified atom stereocenters. The summed E-state index contributed by atoms with van der Waals surface area (Å²) in [6.07, 6.45) is 3.77. The molecular weight excluding hydrogens is 297 g/mol. The summed E-state index contributed by atoms with van der Waals surface area (Å²) in [7, 11) is 1.88. The molecule has 0 saturated heterocycles. The van der Waals surface area contributed by atoms with Gasteiger partial charge < -0.3 is 4.90 Å². The summed E-state index contributed by atoms with van der Waals surface area (Å²) in [5, 5.41) is 0. The van der Waals surface area contributed by atoms with Gasteiger partial charge in [-0.25, -0.2) is 4.39 Å². The molecule has 4 heteroatoms. The quantitative estimate of drug-likeness (QED) is 0.798. The molecule has 1 aromatic carbocycles. The first-order chi connectivity index (χ1) is 10.5. The summed E-state index contributed by atoms with van der Waals surface area (Å²) in [6, 6.07) is 8.39. The molecule has 22 heavy (non-hydrogen) atoms. The summed E-state index contributed by atoms with van der Waals surface area (Å²) < 4.78 is 13.0. The molecule has 2 aromatic rings. The van der Waals surface area contributed by atoms with Gasteiger partial charge in [-0.3, -0.25) is 4.79 Å². The first kappa shape index (κ1) is 15.2. The van der Waals surface area contributed by atoms with Gasteiger partial charge in [0.2, 0.25) is 0 Å². The predicted octanol–water partition coefficient (Wildman–Crippen LogP) is 4.73. The summed E-state index contributed by atoms with van der Waals surface area (Å²) in [5.74, 6) is 0.523. The van der Waals surface area contributed by atoms with Crippen molar-refractivity contribution in [1.82, 2.24) is 4.90 Å². The molecule has 1 saturated carbocycles. The molecule has 1 amide bonds. The Morgan fingerprint density at radius 1 is 1.32 bits per heavy atom. The van der Waals surface area contributed by atoms with Crippen LogP contribution in [-0.2, 0) is 0 Å². The van der Waals surface area contributed by atoms with Crippen LogP contribution < -0.4 is 0 Å². The van der Waals surface area contributed by atoms with Crippen LogP contribution in [0.4, 0.5) is 4.39 Å². The van der Waals surface area contributed by atoms with E-state index in [1.54, 1.807) is 12.1 Å². The number of rotatable bonds is 4. The lowest BCUT2D eigenvalue weighted by Crippen LogP contribution is -2.33. The second-order valence-corrected chi connectivity index (χ2v) is 7.16. The number of hydrogen-bond acceptors (Lipinski definition) is 2. The van der Waals surface area contributed by atoms with Crippen molar-refractivity contribution in [3.05, 3.63) is 46.6 Å². The second-order valence-electron chi connectivity index (χ2n) is 6.11. The Labute approximate surface area is 134 Å². The van der Waals surface area contributed by atoms with Crippen LogP contribution in [0, 0.1) is 18.7 Å². The van der Waals surface area contributed by atoms with Crippen molar-refractivity contribution in [2.45, 2.75) is 26.2 Å². The number of benzene rings is 1. The van der Waals surface area contributed by atoms with Crippen LogP contribution in [0.5, 0.6) is 0 Å². The fourth-order valence-electron chi connectivity index (χ4n) is 2.81. The lowest BCUT2D eigenvalue weighted by molar-refractivity contribution is 0.0750. The Kier molecular flexibility index (Phi) is 4.30. The standard InChI is InChI=1S/C18H20FNOS/c1-12-10-16(18(21)20(2)11-13-4-3-5-13)22-17(12)14-6-8-15(19)9-7-14/h6-10,13H,3-5,11H2,1-2H3. The highest BCUT2D eigenvalue weighted by molar-refractivity contribution is 7.17. The van der Waals surface area contributed by atoms with Gasteiger partial charge in [0.1, 0.15) is 5.82 Å². The minimum absolute atomic E-state index is 0.0911. The van der Waals surface area contributed by atoms with Gasteiger partial charge in [-0.15, -0.1) is 11.3 Å². The Hall–Kier alpha value is -1.68. The fraction of sp³-hybridized carbons (Fsp3) is 0.389. The van der Waals surface area contributed by atoms with Crippen molar-refractivity contribution in [1.29, 1.82) is 0 Å². The van der Waals surface area contributed by atoms with Gasteiger partial charge in [0.15, 0.2) is 0 Å².